The predicted molar refractivity (Wildman–Crippen MR) is 77.5 cm³/mol. The van der Waals surface area contributed by atoms with E-state index in [0.717, 1.165) is 30.3 Å². The molecule has 1 fully saturated rings. The number of benzene rings is 1. The second kappa shape index (κ2) is 5.74. The molecule has 4 heteroatoms. The number of piperidine rings is 1. The number of nitrogens with zero attached hydrogens (tertiary/aromatic N) is 1. The van der Waals surface area contributed by atoms with Crippen LogP contribution >= 0.6 is 15.9 Å². The van der Waals surface area contributed by atoms with Gasteiger partial charge in [0.25, 0.3) is 5.91 Å². The van der Waals surface area contributed by atoms with Crippen molar-refractivity contribution in [2.24, 2.45) is 0 Å². The number of likely N-dealkylation sites (tertiary alicyclic amines) is 1. The molecule has 1 unspecified atom stereocenters. The minimum atomic E-state index is 0.0755. The number of carbonyl (C=O) groups is 1. The van der Waals surface area contributed by atoms with Crippen molar-refractivity contribution in [1.29, 1.82) is 0 Å². The highest BCUT2D eigenvalue weighted by Crippen LogP contribution is 2.25. The zero-order valence-electron chi connectivity index (χ0n) is 10.7. The summed E-state index contributed by atoms with van der Waals surface area (Å²) in [5, 5.41) is 0. The van der Waals surface area contributed by atoms with E-state index in [1.165, 1.54) is 6.42 Å². The summed E-state index contributed by atoms with van der Waals surface area (Å²) >= 11 is 3.36. The Morgan fingerprint density at radius 3 is 2.94 bits per heavy atom. The maximum atomic E-state index is 12.5. The topological polar surface area (TPSA) is 46.3 Å². The van der Waals surface area contributed by atoms with E-state index < -0.39 is 0 Å². The van der Waals surface area contributed by atoms with Gasteiger partial charge in [-0.05, 0) is 43.9 Å². The lowest BCUT2D eigenvalue weighted by atomic mass is 9.98. The number of hydrogen-bond acceptors (Lipinski definition) is 2. The van der Waals surface area contributed by atoms with E-state index in [1.807, 2.05) is 17.0 Å². The number of nitrogens with two attached hydrogens (primary N) is 1. The molecule has 18 heavy (non-hydrogen) atoms. The van der Waals surface area contributed by atoms with Crippen LogP contribution in [0.3, 0.4) is 0 Å². The highest BCUT2D eigenvalue weighted by Gasteiger charge is 2.27. The van der Waals surface area contributed by atoms with Crippen molar-refractivity contribution in [1.82, 2.24) is 4.90 Å². The lowest BCUT2D eigenvalue weighted by Crippen LogP contribution is -2.43. The summed E-state index contributed by atoms with van der Waals surface area (Å²) in [6.45, 7) is 2.99. The molecule has 0 aromatic heterocycles. The Labute approximate surface area is 116 Å². The Balaban J connectivity index is 2.24. The average Bonchev–Trinajstić information content (AvgIpc) is 2.38. The number of halogens is 1. The summed E-state index contributed by atoms with van der Waals surface area (Å²) in [7, 11) is 0. The molecule has 0 aliphatic carbocycles. The first-order valence-electron chi connectivity index (χ1n) is 6.49. The highest BCUT2D eigenvalue weighted by atomic mass is 79.9. The minimum absolute atomic E-state index is 0.0755. The number of anilines is 1. The van der Waals surface area contributed by atoms with Crippen molar-refractivity contribution in [2.75, 3.05) is 12.3 Å². The van der Waals surface area contributed by atoms with Gasteiger partial charge in [-0.3, -0.25) is 4.79 Å². The fourth-order valence-electron chi connectivity index (χ4n) is 2.58. The van der Waals surface area contributed by atoms with Crippen LogP contribution in [0.2, 0.25) is 0 Å². The van der Waals surface area contributed by atoms with Crippen LogP contribution in [-0.2, 0) is 0 Å². The largest absolute Gasteiger partial charge is 0.398 e. The molecule has 1 aromatic carbocycles. The van der Waals surface area contributed by atoms with Gasteiger partial charge in [-0.2, -0.15) is 0 Å². The molecule has 1 aliphatic heterocycles. The van der Waals surface area contributed by atoms with Crippen LogP contribution in [0.4, 0.5) is 5.69 Å². The molecule has 0 spiro atoms. The second-order valence-corrected chi connectivity index (χ2v) is 5.70. The van der Waals surface area contributed by atoms with Gasteiger partial charge in [0.1, 0.15) is 0 Å². The first-order valence-corrected chi connectivity index (χ1v) is 7.28. The van der Waals surface area contributed by atoms with E-state index in [9.17, 15) is 4.79 Å². The molecule has 1 saturated heterocycles. The SMILES string of the molecule is CCC1CCCCN1C(=O)c1ccc(Br)cc1N. The molecule has 3 nitrogen and oxygen atoms in total. The van der Waals surface area contributed by atoms with Crippen molar-refractivity contribution in [3.05, 3.63) is 28.2 Å². The van der Waals surface area contributed by atoms with E-state index in [0.29, 0.717) is 17.3 Å². The maximum absolute atomic E-state index is 12.5. The smallest absolute Gasteiger partial charge is 0.256 e. The summed E-state index contributed by atoms with van der Waals surface area (Å²) in [5.74, 6) is 0.0755. The van der Waals surface area contributed by atoms with Crippen molar-refractivity contribution in [2.45, 2.75) is 38.6 Å². The summed E-state index contributed by atoms with van der Waals surface area (Å²) in [5.41, 5.74) is 7.11. The molecular weight excluding hydrogens is 292 g/mol. The number of nitrogen functional groups attached to an aromatic ring is 1. The quantitative estimate of drug-likeness (QED) is 0.851. The summed E-state index contributed by atoms with van der Waals surface area (Å²) in [6, 6.07) is 5.84. The summed E-state index contributed by atoms with van der Waals surface area (Å²) in [4.78, 5) is 14.5. The van der Waals surface area contributed by atoms with E-state index in [1.54, 1.807) is 6.07 Å². The van der Waals surface area contributed by atoms with Crippen LogP contribution in [0.1, 0.15) is 43.0 Å². The predicted octanol–water partition coefficient (Wildman–Crippen LogP) is 3.44. The van der Waals surface area contributed by atoms with Gasteiger partial charge in [-0.1, -0.05) is 22.9 Å². The van der Waals surface area contributed by atoms with E-state index in [4.69, 9.17) is 5.73 Å². The third-order valence-corrected chi connectivity index (χ3v) is 4.10. The first-order chi connectivity index (χ1) is 8.63. The lowest BCUT2D eigenvalue weighted by molar-refractivity contribution is 0.0609. The Morgan fingerprint density at radius 1 is 1.50 bits per heavy atom. The van der Waals surface area contributed by atoms with Crippen molar-refractivity contribution in [3.63, 3.8) is 0 Å². The van der Waals surface area contributed by atoms with Crippen LogP contribution in [-0.4, -0.2) is 23.4 Å². The van der Waals surface area contributed by atoms with E-state index in [-0.39, 0.29) is 5.91 Å². The van der Waals surface area contributed by atoms with Gasteiger partial charge in [0.2, 0.25) is 0 Å². The Hall–Kier alpha value is -1.03. The molecule has 2 N–H and O–H groups in total. The fourth-order valence-corrected chi connectivity index (χ4v) is 2.95. The third-order valence-electron chi connectivity index (χ3n) is 3.60. The van der Waals surface area contributed by atoms with Gasteiger partial charge in [-0.25, -0.2) is 0 Å². The fraction of sp³-hybridized carbons (Fsp3) is 0.500. The van der Waals surface area contributed by atoms with Gasteiger partial charge in [0.15, 0.2) is 0 Å². The molecule has 98 valence electrons. The van der Waals surface area contributed by atoms with Crippen molar-refractivity contribution in [3.8, 4) is 0 Å². The van der Waals surface area contributed by atoms with Gasteiger partial charge in [-0.15, -0.1) is 0 Å². The van der Waals surface area contributed by atoms with Crippen LogP contribution in [0.25, 0.3) is 0 Å². The van der Waals surface area contributed by atoms with Gasteiger partial charge in [0.05, 0.1) is 5.56 Å². The average molecular weight is 311 g/mol. The Kier molecular flexibility index (Phi) is 4.27. The molecule has 0 bridgehead atoms. The zero-order chi connectivity index (χ0) is 13.1. The molecule has 2 rings (SSSR count). The van der Waals surface area contributed by atoms with Gasteiger partial charge >= 0.3 is 0 Å². The second-order valence-electron chi connectivity index (χ2n) is 4.79. The lowest BCUT2D eigenvalue weighted by Gasteiger charge is -2.35. The normalized spacial score (nSPS) is 19.9. The van der Waals surface area contributed by atoms with Gasteiger partial charge < -0.3 is 10.6 Å². The number of rotatable bonds is 2. The van der Waals surface area contributed by atoms with Crippen LogP contribution in [0.15, 0.2) is 22.7 Å². The molecule has 0 radical (unpaired) electrons. The molecule has 1 aromatic rings. The van der Waals surface area contributed by atoms with Crippen LogP contribution in [0, 0.1) is 0 Å². The zero-order valence-corrected chi connectivity index (χ0v) is 12.2. The first kappa shape index (κ1) is 13.4. The van der Waals surface area contributed by atoms with Crippen molar-refractivity contribution >= 4 is 27.5 Å². The molecule has 1 atom stereocenters. The number of carbonyl (C=O) groups excluding carboxylic acids is 1. The van der Waals surface area contributed by atoms with E-state index in [2.05, 4.69) is 22.9 Å². The molecular formula is C14H19BrN2O. The van der Waals surface area contributed by atoms with Gasteiger partial charge in [0, 0.05) is 22.7 Å². The van der Waals surface area contributed by atoms with E-state index >= 15 is 0 Å². The molecule has 0 saturated carbocycles. The Morgan fingerprint density at radius 2 is 2.28 bits per heavy atom. The van der Waals surface area contributed by atoms with Crippen LogP contribution < -0.4 is 5.73 Å². The highest BCUT2D eigenvalue weighted by molar-refractivity contribution is 9.10. The number of hydrogen-bond donors (Lipinski definition) is 1. The third kappa shape index (κ3) is 2.69. The maximum Gasteiger partial charge on any atom is 0.256 e. The minimum Gasteiger partial charge on any atom is -0.398 e. The molecule has 1 amide bonds. The Bertz CT molecular complexity index is 447. The molecule has 1 aliphatic rings. The summed E-state index contributed by atoms with van der Waals surface area (Å²) < 4.78 is 0.905. The number of amides is 1. The van der Waals surface area contributed by atoms with Crippen molar-refractivity contribution < 1.29 is 4.79 Å². The standard InChI is InChI=1S/C14H19BrN2O/c1-2-11-5-3-4-8-17(11)14(18)12-7-6-10(15)9-13(12)16/h6-7,9,11H,2-5,8,16H2,1H3. The monoisotopic (exact) mass is 310 g/mol. The summed E-state index contributed by atoms with van der Waals surface area (Å²) in [6.07, 6.45) is 4.44. The molecule has 1 heterocycles. The van der Waals surface area contributed by atoms with Crippen LogP contribution in [0.5, 0.6) is 0 Å².